The Bertz CT molecular complexity index is 632. The molecule has 4 rings (SSSR count). The number of aromatic nitrogens is 3. The summed E-state index contributed by atoms with van der Waals surface area (Å²) in [5.74, 6) is 3.23. The number of fused-ring (bicyclic) bond motifs is 1. The van der Waals surface area contributed by atoms with Crippen LogP contribution >= 0.6 is 24.0 Å². The lowest BCUT2D eigenvalue weighted by molar-refractivity contribution is 0.115. The highest BCUT2D eigenvalue weighted by atomic mass is 127. The molecule has 1 saturated carbocycles. The van der Waals surface area contributed by atoms with Gasteiger partial charge in [-0.3, -0.25) is 0 Å². The molecule has 7 heteroatoms. The van der Waals surface area contributed by atoms with Gasteiger partial charge in [-0.2, -0.15) is 0 Å². The van der Waals surface area contributed by atoms with Crippen molar-refractivity contribution in [3.8, 4) is 0 Å². The molecule has 1 aromatic heterocycles. The Hall–Kier alpha value is -0.860. The molecule has 0 amide bonds. The topological polar surface area (TPSA) is 58.3 Å². The van der Waals surface area contributed by atoms with Crippen molar-refractivity contribution in [3.63, 3.8) is 0 Å². The maximum Gasteiger partial charge on any atom is 0.194 e. The van der Waals surface area contributed by atoms with Crippen molar-refractivity contribution >= 4 is 29.9 Å². The lowest BCUT2D eigenvalue weighted by Crippen LogP contribution is -2.50. The van der Waals surface area contributed by atoms with Gasteiger partial charge in [0.25, 0.3) is 0 Å². The molecule has 0 atom stereocenters. The van der Waals surface area contributed by atoms with Crippen LogP contribution in [0.5, 0.6) is 0 Å². The normalized spacial score (nSPS) is 22.3. The van der Waals surface area contributed by atoms with Crippen molar-refractivity contribution in [2.24, 2.45) is 10.4 Å². The van der Waals surface area contributed by atoms with Crippen LogP contribution in [0.3, 0.4) is 0 Å². The van der Waals surface area contributed by atoms with Gasteiger partial charge in [0.2, 0.25) is 0 Å². The van der Waals surface area contributed by atoms with Crippen molar-refractivity contribution < 1.29 is 0 Å². The molecule has 0 bridgehead atoms. The third-order valence-electron chi connectivity index (χ3n) is 6.52. The van der Waals surface area contributed by atoms with Gasteiger partial charge in [0.1, 0.15) is 12.4 Å². The van der Waals surface area contributed by atoms with Crippen LogP contribution in [0.1, 0.15) is 76.4 Å². The predicted molar refractivity (Wildman–Crippen MR) is 120 cm³/mol. The summed E-state index contributed by atoms with van der Waals surface area (Å²) >= 11 is 0. The molecule has 152 valence electrons. The highest BCUT2D eigenvalue weighted by Crippen LogP contribution is 2.42. The van der Waals surface area contributed by atoms with Gasteiger partial charge in [-0.05, 0) is 44.4 Å². The molecule has 2 fully saturated rings. The Kier molecular flexibility index (Phi) is 7.39. The average Bonchev–Trinajstić information content (AvgIpc) is 3.20. The lowest BCUT2D eigenvalue weighted by Gasteiger charge is -2.44. The van der Waals surface area contributed by atoms with Gasteiger partial charge >= 0.3 is 0 Å². The fraction of sp³-hybridized carbons (Fsp3) is 0.850. The Balaban J connectivity index is 0.00000210. The first-order valence-corrected chi connectivity index (χ1v) is 10.7. The number of halogens is 1. The average molecular weight is 486 g/mol. The largest absolute Gasteiger partial charge is 0.357 e. The number of guanidine groups is 1. The number of piperidine rings is 1. The van der Waals surface area contributed by atoms with Crippen LogP contribution in [0.25, 0.3) is 0 Å². The lowest BCUT2D eigenvalue weighted by atomic mass is 9.74. The van der Waals surface area contributed by atoms with Gasteiger partial charge in [-0.1, -0.05) is 25.7 Å². The Morgan fingerprint density at radius 1 is 1.04 bits per heavy atom. The Labute approximate surface area is 180 Å². The van der Waals surface area contributed by atoms with Gasteiger partial charge in [0, 0.05) is 32.6 Å². The number of likely N-dealkylation sites (tertiary alicyclic amines) is 1. The van der Waals surface area contributed by atoms with E-state index in [1.165, 1.54) is 64.3 Å². The van der Waals surface area contributed by atoms with Crippen LogP contribution < -0.4 is 5.32 Å². The summed E-state index contributed by atoms with van der Waals surface area (Å²) in [7, 11) is 0. The predicted octanol–water partition coefficient (Wildman–Crippen LogP) is 3.74. The molecule has 1 N–H and O–H groups in total. The van der Waals surface area contributed by atoms with Gasteiger partial charge in [0.05, 0.1) is 0 Å². The highest BCUT2D eigenvalue weighted by Gasteiger charge is 2.36. The molecule has 0 radical (unpaired) electrons. The number of aliphatic imine (C=N–C) groups is 1. The van der Waals surface area contributed by atoms with Crippen molar-refractivity contribution in [3.05, 3.63) is 11.6 Å². The van der Waals surface area contributed by atoms with E-state index >= 15 is 0 Å². The summed E-state index contributed by atoms with van der Waals surface area (Å²) in [4.78, 5) is 7.49. The number of nitrogens with one attached hydrogen (secondary N) is 1. The van der Waals surface area contributed by atoms with Crippen LogP contribution in [0, 0.1) is 5.41 Å². The molecular formula is C20H35IN6. The third-order valence-corrected chi connectivity index (χ3v) is 6.52. The Morgan fingerprint density at radius 3 is 2.59 bits per heavy atom. The first kappa shape index (κ1) is 20.9. The van der Waals surface area contributed by atoms with Gasteiger partial charge in [-0.15, -0.1) is 34.2 Å². The van der Waals surface area contributed by atoms with Crippen molar-refractivity contribution in [2.45, 2.75) is 84.2 Å². The van der Waals surface area contributed by atoms with Crippen LogP contribution in [0.15, 0.2) is 4.99 Å². The van der Waals surface area contributed by atoms with E-state index in [0.29, 0.717) is 12.0 Å². The molecule has 3 heterocycles. The van der Waals surface area contributed by atoms with E-state index in [1.807, 2.05) is 0 Å². The summed E-state index contributed by atoms with van der Waals surface area (Å²) in [5, 5.41) is 12.2. The standard InChI is InChI=1S/C20H34N6.HI/c1-2-21-19(22-15-18-24-23-17-9-7-14-26(17)18)25-13-8-12-20(16-25)10-5-3-4-6-11-20;/h2-16H2,1H3,(H,21,22);1H. The minimum atomic E-state index is 0. The summed E-state index contributed by atoms with van der Waals surface area (Å²) in [5.41, 5.74) is 0.529. The number of hydrogen-bond acceptors (Lipinski definition) is 3. The maximum atomic E-state index is 4.97. The molecule has 0 aromatic carbocycles. The highest BCUT2D eigenvalue weighted by molar-refractivity contribution is 14.0. The van der Waals surface area contributed by atoms with Crippen LogP contribution in [-0.2, 0) is 19.5 Å². The molecule has 2 aliphatic heterocycles. The Morgan fingerprint density at radius 2 is 1.81 bits per heavy atom. The van der Waals surface area contributed by atoms with Crippen LogP contribution in [0.2, 0.25) is 0 Å². The monoisotopic (exact) mass is 486 g/mol. The zero-order chi connectivity index (χ0) is 17.8. The van der Waals surface area contributed by atoms with Crippen LogP contribution in [-0.4, -0.2) is 45.3 Å². The zero-order valence-corrected chi connectivity index (χ0v) is 19.1. The first-order valence-electron chi connectivity index (χ1n) is 10.7. The summed E-state index contributed by atoms with van der Waals surface area (Å²) in [6, 6.07) is 0. The van der Waals surface area contributed by atoms with Crippen molar-refractivity contribution in [2.75, 3.05) is 19.6 Å². The second kappa shape index (κ2) is 9.56. The SMILES string of the molecule is CCNC(=NCc1nnc2n1CCC2)N1CCCC2(CCCCCC2)C1.I. The summed E-state index contributed by atoms with van der Waals surface area (Å²) in [6.45, 7) is 7.08. The van der Waals surface area contributed by atoms with Crippen molar-refractivity contribution in [1.82, 2.24) is 25.0 Å². The van der Waals surface area contributed by atoms with E-state index in [4.69, 9.17) is 4.99 Å². The third kappa shape index (κ3) is 4.77. The molecule has 0 unspecified atom stereocenters. The second-order valence-electron chi connectivity index (χ2n) is 8.40. The minimum Gasteiger partial charge on any atom is -0.357 e. The van der Waals surface area contributed by atoms with Crippen LogP contribution in [0.4, 0.5) is 0 Å². The molecule has 1 aromatic rings. The van der Waals surface area contributed by atoms with Gasteiger partial charge in [-0.25, -0.2) is 4.99 Å². The summed E-state index contributed by atoms with van der Waals surface area (Å²) < 4.78 is 2.26. The minimum absolute atomic E-state index is 0. The van der Waals surface area contributed by atoms with E-state index in [1.54, 1.807) is 0 Å². The fourth-order valence-corrected chi connectivity index (χ4v) is 5.17. The van der Waals surface area contributed by atoms with E-state index in [-0.39, 0.29) is 24.0 Å². The first-order chi connectivity index (χ1) is 12.8. The molecule has 6 nitrogen and oxygen atoms in total. The number of hydrogen-bond donors (Lipinski definition) is 1. The number of rotatable bonds is 3. The molecule has 1 aliphatic carbocycles. The maximum absolute atomic E-state index is 4.97. The van der Waals surface area contributed by atoms with Gasteiger partial charge < -0.3 is 14.8 Å². The van der Waals surface area contributed by atoms with Gasteiger partial charge in [0.15, 0.2) is 11.8 Å². The molecular weight excluding hydrogens is 451 g/mol. The van der Waals surface area contributed by atoms with E-state index in [0.717, 1.165) is 43.7 Å². The quantitative estimate of drug-likeness (QED) is 0.402. The second-order valence-corrected chi connectivity index (χ2v) is 8.40. The molecule has 1 spiro atoms. The summed E-state index contributed by atoms with van der Waals surface area (Å²) in [6.07, 6.45) is 13.4. The smallest absolute Gasteiger partial charge is 0.194 e. The van der Waals surface area contributed by atoms with Crippen molar-refractivity contribution in [1.29, 1.82) is 0 Å². The molecule has 3 aliphatic rings. The van der Waals surface area contributed by atoms with E-state index in [2.05, 4.69) is 31.9 Å². The fourth-order valence-electron chi connectivity index (χ4n) is 5.17. The van der Waals surface area contributed by atoms with E-state index in [9.17, 15) is 0 Å². The zero-order valence-electron chi connectivity index (χ0n) is 16.8. The molecule has 27 heavy (non-hydrogen) atoms. The molecule has 1 saturated heterocycles. The number of nitrogens with zero attached hydrogens (tertiary/aromatic N) is 5. The van der Waals surface area contributed by atoms with E-state index < -0.39 is 0 Å². The number of aryl methyl sites for hydroxylation is 1.